The van der Waals surface area contributed by atoms with Crippen molar-refractivity contribution in [3.05, 3.63) is 46.3 Å². The minimum Gasteiger partial charge on any atom is -0.340 e. The molecule has 0 saturated carbocycles. The van der Waals surface area contributed by atoms with Crippen molar-refractivity contribution in [1.29, 1.82) is 0 Å². The van der Waals surface area contributed by atoms with E-state index in [-0.39, 0.29) is 5.91 Å². The number of nitrogens with zero attached hydrogens (tertiary/aromatic N) is 3. The molecule has 0 bridgehead atoms. The van der Waals surface area contributed by atoms with E-state index in [2.05, 4.69) is 31.2 Å². The molecule has 2 aromatic rings. The molecule has 6 heteroatoms. The lowest BCUT2D eigenvalue weighted by molar-refractivity contribution is 0.0718. The minimum absolute atomic E-state index is 0.0119. The maximum absolute atomic E-state index is 12.5. The Balaban J connectivity index is 1.76. The van der Waals surface area contributed by atoms with Crippen molar-refractivity contribution in [3.8, 4) is 0 Å². The maximum atomic E-state index is 12.5. The number of aromatic nitrogens is 2. The van der Waals surface area contributed by atoms with Crippen molar-refractivity contribution < 1.29 is 4.79 Å². The molecule has 120 valence electrons. The molecule has 0 radical (unpaired) electrons. The lowest BCUT2D eigenvalue weighted by Gasteiger charge is -2.26. The number of carbonyl (C=O) groups is 1. The van der Waals surface area contributed by atoms with Crippen molar-refractivity contribution in [2.75, 3.05) is 18.4 Å². The normalized spacial score (nSPS) is 14.6. The Morgan fingerprint density at radius 1 is 1.17 bits per heavy atom. The topological polar surface area (TPSA) is 58.1 Å². The summed E-state index contributed by atoms with van der Waals surface area (Å²) in [6.45, 7) is 3.66. The lowest BCUT2D eigenvalue weighted by atomic mass is 10.1. The Morgan fingerprint density at radius 3 is 2.70 bits per heavy atom. The van der Waals surface area contributed by atoms with Gasteiger partial charge in [0.1, 0.15) is 17.8 Å². The second-order valence-corrected chi connectivity index (χ2v) is 6.58. The van der Waals surface area contributed by atoms with Crippen LogP contribution in [0.4, 0.5) is 11.5 Å². The number of anilines is 2. The van der Waals surface area contributed by atoms with Gasteiger partial charge in [0, 0.05) is 29.3 Å². The van der Waals surface area contributed by atoms with Crippen LogP contribution in [-0.4, -0.2) is 33.9 Å². The van der Waals surface area contributed by atoms with Gasteiger partial charge in [-0.05, 0) is 49.9 Å². The Bertz CT molecular complexity index is 713. The number of piperidine rings is 1. The van der Waals surface area contributed by atoms with Gasteiger partial charge in [-0.25, -0.2) is 9.97 Å². The molecule has 0 unspecified atom stereocenters. The molecule has 0 atom stereocenters. The largest absolute Gasteiger partial charge is 0.340 e. The van der Waals surface area contributed by atoms with Crippen LogP contribution < -0.4 is 5.32 Å². The van der Waals surface area contributed by atoms with Gasteiger partial charge in [0.25, 0.3) is 5.91 Å². The molecule has 1 N–H and O–H groups in total. The molecular weight excluding hydrogens is 356 g/mol. The first kappa shape index (κ1) is 15.9. The van der Waals surface area contributed by atoms with E-state index in [1.54, 1.807) is 6.07 Å². The van der Waals surface area contributed by atoms with E-state index in [4.69, 9.17) is 0 Å². The lowest BCUT2D eigenvalue weighted by Crippen LogP contribution is -2.36. The second kappa shape index (κ2) is 7.08. The highest BCUT2D eigenvalue weighted by molar-refractivity contribution is 9.10. The summed E-state index contributed by atoms with van der Waals surface area (Å²) in [7, 11) is 0. The average molecular weight is 375 g/mol. The van der Waals surface area contributed by atoms with Gasteiger partial charge in [0.05, 0.1) is 0 Å². The third-order valence-electron chi connectivity index (χ3n) is 3.96. The molecule has 2 heterocycles. The van der Waals surface area contributed by atoms with Crippen LogP contribution in [-0.2, 0) is 0 Å². The highest BCUT2D eigenvalue weighted by atomic mass is 79.9. The summed E-state index contributed by atoms with van der Waals surface area (Å²) in [5.41, 5.74) is 2.51. The van der Waals surface area contributed by atoms with Crippen LogP contribution in [0.25, 0.3) is 0 Å². The number of rotatable bonds is 3. The highest BCUT2D eigenvalue weighted by Gasteiger charge is 2.19. The van der Waals surface area contributed by atoms with E-state index in [0.29, 0.717) is 11.5 Å². The van der Waals surface area contributed by atoms with Gasteiger partial charge in [-0.2, -0.15) is 0 Å². The third-order valence-corrected chi connectivity index (χ3v) is 4.85. The van der Waals surface area contributed by atoms with Crippen LogP contribution in [0.3, 0.4) is 0 Å². The van der Waals surface area contributed by atoms with E-state index in [1.165, 1.54) is 12.7 Å². The fourth-order valence-corrected chi connectivity index (χ4v) is 2.92. The van der Waals surface area contributed by atoms with Crippen LogP contribution in [0.2, 0.25) is 0 Å². The minimum atomic E-state index is -0.0119. The summed E-state index contributed by atoms with van der Waals surface area (Å²) < 4.78 is 1.06. The molecular formula is C17H19BrN4O. The molecule has 1 aliphatic rings. The SMILES string of the molecule is Cc1cc(Nc2cc(C(=O)N3CCCCC3)ncn2)ccc1Br. The van der Waals surface area contributed by atoms with Gasteiger partial charge >= 0.3 is 0 Å². The monoisotopic (exact) mass is 374 g/mol. The van der Waals surface area contributed by atoms with E-state index >= 15 is 0 Å². The molecule has 1 aromatic heterocycles. The van der Waals surface area contributed by atoms with Crippen molar-refractivity contribution in [3.63, 3.8) is 0 Å². The molecule has 1 saturated heterocycles. The summed E-state index contributed by atoms with van der Waals surface area (Å²) in [5.74, 6) is 0.615. The Hall–Kier alpha value is -1.95. The van der Waals surface area contributed by atoms with Gasteiger partial charge < -0.3 is 10.2 Å². The van der Waals surface area contributed by atoms with Crippen LogP contribution in [0.15, 0.2) is 35.1 Å². The first-order valence-electron chi connectivity index (χ1n) is 7.78. The van der Waals surface area contributed by atoms with E-state index < -0.39 is 0 Å². The summed E-state index contributed by atoms with van der Waals surface area (Å²) in [4.78, 5) is 22.7. The molecule has 3 rings (SSSR count). The number of hydrogen-bond acceptors (Lipinski definition) is 4. The Morgan fingerprint density at radius 2 is 1.96 bits per heavy atom. The number of aryl methyl sites for hydroxylation is 1. The molecule has 5 nitrogen and oxygen atoms in total. The molecule has 1 amide bonds. The standard InChI is InChI=1S/C17H19BrN4O/c1-12-9-13(5-6-14(12)18)21-16-10-15(19-11-20-16)17(23)22-7-3-2-4-8-22/h5-6,9-11H,2-4,7-8H2,1H3,(H,19,20,21). The van der Waals surface area contributed by atoms with Crippen molar-refractivity contribution in [1.82, 2.24) is 14.9 Å². The quantitative estimate of drug-likeness (QED) is 0.884. The van der Waals surface area contributed by atoms with Crippen molar-refractivity contribution >= 4 is 33.3 Å². The van der Waals surface area contributed by atoms with Crippen LogP contribution >= 0.6 is 15.9 Å². The number of nitrogens with one attached hydrogen (secondary N) is 1. The first-order valence-corrected chi connectivity index (χ1v) is 8.57. The smallest absolute Gasteiger partial charge is 0.272 e. The van der Waals surface area contributed by atoms with Crippen molar-refractivity contribution in [2.45, 2.75) is 26.2 Å². The second-order valence-electron chi connectivity index (χ2n) is 5.73. The summed E-state index contributed by atoms with van der Waals surface area (Å²) >= 11 is 3.49. The average Bonchev–Trinajstić information content (AvgIpc) is 2.58. The number of carbonyl (C=O) groups excluding carboxylic acids is 1. The first-order chi connectivity index (χ1) is 11.1. The number of benzene rings is 1. The zero-order valence-corrected chi connectivity index (χ0v) is 14.6. The zero-order valence-electron chi connectivity index (χ0n) is 13.1. The van der Waals surface area contributed by atoms with Gasteiger partial charge in [-0.3, -0.25) is 4.79 Å². The maximum Gasteiger partial charge on any atom is 0.272 e. The highest BCUT2D eigenvalue weighted by Crippen LogP contribution is 2.22. The summed E-state index contributed by atoms with van der Waals surface area (Å²) in [6.07, 6.45) is 4.77. The number of likely N-dealkylation sites (tertiary alicyclic amines) is 1. The van der Waals surface area contributed by atoms with Gasteiger partial charge in [-0.1, -0.05) is 15.9 Å². The number of halogens is 1. The Kier molecular flexibility index (Phi) is 4.91. The van der Waals surface area contributed by atoms with E-state index in [9.17, 15) is 4.79 Å². The predicted octanol–water partition coefficient (Wildman–Crippen LogP) is 3.92. The summed E-state index contributed by atoms with van der Waals surface area (Å²) in [6, 6.07) is 7.69. The predicted molar refractivity (Wildman–Crippen MR) is 93.9 cm³/mol. The van der Waals surface area contributed by atoms with Crippen LogP contribution in [0, 0.1) is 6.92 Å². The number of hydrogen-bond donors (Lipinski definition) is 1. The molecule has 0 aliphatic carbocycles. The molecule has 1 aromatic carbocycles. The Labute approximate surface area is 144 Å². The summed E-state index contributed by atoms with van der Waals surface area (Å²) in [5, 5.41) is 3.23. The van der Waals surface area contributed by atoms with Crippen molar-refractivity contribution in [2.24, 2.45) is 0 Å². The fourth-order valence-electron chi connectivity index (χ4n) is 2.67. The van der Waals surface area contributed by atoms with E-state index in [0.717, 1.165) is 41.7 Å². The molecule has 1 fully saturated rings. The van der Waals surface area contributed by atoms with Gasteiger partial charge in [0.2, 0.25) is 0 Å². The molecule has 23 heavy (non-hydrogen) atoms. The zero-order chi connectivity index (χ0) is 16.2. The van der Waals surface area contributed by atoms with E-state index in [1.807, 2.05) is 30.0 Å². The fraction of sp³-hybridized carbons (Fsp3) is 0.353. The van der Waals surface area contributed by atoms with Crippen LogP contribution in [0.5, 0.6) is 0 Å². The molecule has 1 aliphatic heterocycles. The molecule has 0 spiro atoms. The van der Waals surface area contributed by atoms with Gasteiger partial charge in [-0.15, -0.1) is 0 Å². The van der Waals surface area contributed by atoms with Gasteiger partial charge in [0.15, 0.2) is 0 Å². The number of amides is 1. The third kappa shape index (κ3) is 3.88. The van der Waals surface area contributed by atoms with Crippen LogP contribution in [0.1, 0.15) is 35.3 Å².